The molecule has 0 aromatic heterocycles. The minimum absolute atomic E-state index is 0.366. The predicted octanol–water partition coefficient (Wildman–Crippen LogP) is 1.83. The van der Waals surface area contributed by atoms with Gasteiger partial charge in [-0.15, -0.1) is 0 Å². The van der Waals surface area contributed by atoms with Gasteiger partial charge in [-0.2, -0.15) is 0 Å². The zero-order valence-corrected chi connectivity index (χ0v) is 9.39. The molecule has 0 aliphatic heterocycles. The predicted molar refractivity (Wildman–Crippen MR) is 59.2 cm³/mol. The maximum absolute atomic E-state index is 10.5. The van der Waals surface area contributed by atoms with Crippen molar-refractivity contribution in [1.29, 1.82) is 0 Å². The molecule has 0 unspecified atom stereocenters. The molecule has 0 heterocycles. The Morgan fingerprint density at radius 3 is 2.80 bits per heavy atom. The lowest BCUT2D eigenvalue weighted by atomic mass is 10.1. The van der Waals surface area contributed by atoms with Crippen LogP contribution in [-0.2, 0) is 6.54 Å². The van der Waals surface area contributed by atoms with Crippen molar-refractivity contribution in [2.24, 2.45) is 5.73 Å². The molecule has 15 heavy (non-hydrogen) atoms. The highest BCUT2D eigenvalue weighted by Crippen LogP contribution is 2.27. The van der Waals surface area contributed by atoms with Crippen molar-refractivity contribution in [2.45, 2.75) is 13.5 Å². The number of hydrogen-bond donors (Lipinski definition) is 2. The topological polar surface area (TPSA) is 64.3 Å². The van der Waals surface area contributed by atoms with E-state index in [1.54, 1.807) is 13.2 Å². The summed E-state index contributed by atoms with van der Waals surface area (Å²) in [4.78, 5) is 10.5. The van der Waals surface area contributed by atoms with Crippen LogP contribution >= 0.6 is 11.6 Å². The number of ether oxygens (including phenoxy) is 1. The average molecular weight is 229 g/mol. The van der Waals surface area contributed by atoms with E-state index in [1.165, 1.54) is 0 Å². The van der Waals surface area contributed by atoms with Gasteiger partial charge in [0.1, 0.15) is 5.75 Å². The molecule has 1 aromatic rings. The molecule has 3 N–H and O–H groups in total. The zero-order valence-electron chi connectivity index (χ0n) is 8.63. The Morgan fingerprint density at radius 2 is 2.27 bits per heavy atom. The number of amides is 2. The van der Waals surface area contributed by atoms with Gasteiger partial charge in [0.05, 0.1) is 12.1 Å². The van der Waals surface area contributed by atoms with Crippen molar-refractivity contribution in [2.75, 3.05) is 7.11 Å². The molecule has 2 amide bonds. The summed E-state index contributed by atoms with van der Waals surface area (Å²) in [6, 6.07) is 3.02. The lowest BCUT2D eigenvalue weighted by molar-refractivity contribution is 0.248. The second-order valence-corrected chi connectivity index (χ2v) is 3.54. The van der Waals surface area contributed by atoms with Gasteiger partial charge >= 0.3 is 6.03 Å². The molecule has 0 saturated heterocycles. The van der Waals surface area contributed by atoms with Crippen molar-refractivity contribution >= 4 is 17.6 Å². The van der Waals surface area contributed by atoms with E-state index in [0.29, 0.717) is 17.3 Å². The van der Waals surface area contributed by atoms with E-state index in [-0.39, 0.29) is 0 Å². The minimum Gasteiger partial charge on any atom is -0.495 e. The largest absolute Gasteiger partial charge is 0.495 e. The molecule has 0 atom stereocenters. The first-order valence-electron chi connectivity index (χ1n) is 4.41. The number of primary amides is 1. The third kappa shape index (κ3) is 3.02. The Labute approximate surface area is 93.4 Å². The quantitative estimate of drug-likeness (QED) is 0.829. The first kappa shape index (κ1) is 11.7. The normalized spacial score (nSPS) is 9.80. The van der Waals surface area contributed by atoms with Gasteiger partial charge in [-0.25, -0.2) is 4.79 Å². The molecule has 0 saturated carbocycles. The number of hydrogen-bond acceptors (Lipinski definition) is 2. The van der Waals surface area contributed by atoms with Gasteiger partial charge in [0.2, 0.25) is 0 Å². The van der Waals surface area contributed by atoms with Crippen molar-refractivity contribution in [3.05, 3.63) is 28.3 Å². The number of carbonyl (C=O) groups excluding carboxylic acids is 1. The van der Waals surface area contributed by atoms with Gasteiger partial charge in [-0.3, -0.25) is 0 Å². The summed E-state index contributed by atoms with van der Waals surface area (Å²) < 4.78 is 5.06. The minimum atomic E-state index is -0.554. The van der Waals surface area contributed by atoms with Crippen LogP contribution in [-0.4, -0.2) is 13.1 Å². The van der Waals surface area contributed by atoms with Gasteiger partial charge in [0.15, 0.2) is 0 Å². The molecule has 1 aromatic carbocycles. The summed E-state index contributed by atoms with van der Waals surface area (Å²) in [5, 5.41) is 3.02. The van der Waals surface area contributed by atoms with E-state index >= 15 is 0 Å². The summed E-state index contributed by atoms with van der Waals surface area (Å²) in [5.74, 6) is 0.622. The van der Waals surface area contributed by atoms with Crippen molar-refractivity contribution in [3.8, 4) is 5.75 Å². The number of halogens is 1. The summed E-state index contributed by atoms with van der Waals surface area (Å²) in [5.41, 5.74) is 6.88. The average Bonchev–Trinajstić information content (AvgIpc) is 2.18. The lowest BCUT2D eigenvalue weighted by Crippen LogP contribution is -2.28. The van der Waals surface area contributed by atoms with Crippen LogP contribution in [0.4, 0.5) is 4.79 Å². The fraction of sp³-hybridized carbons (Fsp3) is 0.300. The molecule has 0 aliphatic carbocycles. The number of rotatable bonds is 3. The summed E-state index contributed by atoms with van der Waals surface area (Å²) in [6.45, 7) is 2.28. The highest BCUT2D eigenvalue weighted by atomic mass is 35.5. The fourth-order valence-electron chi connectivity index (χ4n) is 1.23. The summed E-state index contributed by atoms with van der Waals surface area (Å²) >= 11 is 5.95. The molecule has 4 nitrogen and oxygen atoms in total. The first-order chi connectivity index (χ1) is 7.04. The van der Waals surface area contributed by atoms with Gasteiger partial charge in [-0.1, -0.05) is 11.6 Å². The van der Waals surface area contributed by atoms with E-state index in [9.17, 15) is 4.79 Å². The Hall–Kier alpha value is -1.42. The van der Waals surface area contributed by atoms with Crippen molar-refractivity contribution in [3.63, 3.8) is 0 Å². The first-order valence-corrected chi connectivity index (χ1v) is 4.78. The van der Waals surface area contributed by atoms with Crippen LogP contribution in [0.5, 0.6) is 5.75 Å². The zero-order chi connectivity index (χ0) is 11.4. The molecular weight excluding hydrogens is 216 g/mol. The molecule has 82 valence electrons. The van der Waals surface area contributed by atoms with Crippen LogP contribution in [0, 0.1) is 6.92 Å². The van der Waals surface area contributed by atoms with Crippen LogP contribution < -0.4 is 15.8 Å². The number of aryl methyl sites for hydroxylation is 1. The molecule has 0 bridgehead atoms. The summed E-state index contributed by atoms with van der Waals surface area (Å²) in [6.07, 6.45) is 0. The Balaban J connectivity index is 2.90. The Kier molecular flexibility index (Phi) is 3.80. The SMILES string of the molecule is COc1cc(C)c(CNC(N)=O)cc1Cl. The maximum Gasteiger partial charge on any atom is 0.312 e. The number of urea groups is 1. The Morgan fingerprint density at radius 1 is 1.60 bits per heavy atom. The number of nitrogens with two attached hydrogens (primary N) is 1. The van der Waals surface area contributed by atoms with Crippen LogP contribution in [0.1, 0.15) is 11.1 Å². The van der Waals surface area contributed by atoms with E-state index in [2.05, 4.69) is 5.32 Å². The smallest absolute Gasteiger partial charge is 0.312 e. The van der Waals surface area contributed by atoms with Gasteiger partial charge in [-0.05, 0) is 30.2 Å². The summed E-state index contributed by atoms with van der Waals surface area (Å²) in [7, 11) is 1.56. The molecule has 1 rings (SSSR count). The molecular formula is C10H13ClN2O2. The standard InChI is InChI=1S/C10H13ClN2O2/c1-6-3-9(15-2)8(11)4-7(6)5-13-10(12)14/h3-4H,5H2,1-2H3,(H3,12,13,14). The van der Waals surface area contributed by atoms with E-state index < -0.39 is 6.03 Å². The highest BCUT2D eigenvalue weighted by Gasteiger charge is 2.06. The molecule has 0 radical (unpaired) electrons. The highest BCUT2D eigenvalue weighted by molar-refractivity contribution is 6.32. The third-order valence-corrected chi connectivity index (χ3v) is 2.36. The fourth-order valence-corrected chi connectivity index (χ4v) is 1.49. The van der Waals surface area contributed by atoms with Gasteiger partial charge < -0.3 is 15.8 Å². The number of carbonyl (C=O) groups is 1. The third-order valence-electron chi connectivity index (χ3n) is 2.06. The van der Waals surface area contributed by atoms with E-state index in [4.69, 9.17) is 22.1 Å². The lowest BCUT2D eigenvalue weighted by Gasteiger charge is -2.10. The van der Waals surface area contributed by atoms with Crippen LogP contribution in [0.3, 0.4) is 0 Å². The second-order valence-electron chi connectivity index (χ2n) is 3.13. The number of methoxy groups -OCH3 is 1. The second kappa shape index (κ2) is 4.89. The van der Waals surface area contributed by atoms with Crippen molar-refractivity contribution < 1.29 is 9.53 Å². The molecule has 0 aliphatic rings. The monoisotopic (exact) mass is 228 g/mol. The van der Waals surface area contributed by atoms with Gasteiger partial charge in [0, 0.05) is 6.54 Å². The molecule has 0 spiro atoms. The number of benzene rings is 1. The number of nitrogens with one attached hydrogen (secondary N) is 1. The van der Waals surface area contributed by atoms with Crippen LogP contribution in [0.25, 0.3) is 0 Å². The Bertz CT molecular complexity index is 380. The van der Waals surface area contributed by atoms with E-state index in [0.717, 1.165) is 11.1 Å². The van der Waals surface area contributed by atoms with E-state index in [1.807, 2.05) is 13.0 Å². The van der Waals surface area contributed by atoms with Crippen LogP contribution in [0.15, 0.2) is 12.1 Å². The van der Waals surface area contributed by atoms with Crippen molar-refractivity contribution in [1.82, 2.24) is 5.32 Å². The molecule has 5 heteroatoms. The maximum atomic E-state index is 10.5. The van der Waals surface area contributed by atoms with Crippen LogP contribution in [0.2, 0.25) is 5.02 Å². The molecule has 0 fully saturated rings. The van der Waals surface area contributed by atoms with Gasteiger partial charge in [0.25, 0.3) is 0 Å².